The molecule has 2 atom stereocenters. The molecule has 1 aliphatic rings. The average molecular weight is 381 g/mol. The topological polar surface area (TPSA) is 84.2 Å². The number of carbonyl (C=O) groups excluding carboxylic acids is 2. The minimum Gasteiger partial charge on any atom is -0.350 e. The van der Waals surface area contributed by atoms with Crippen molar-refractivity contribution in [1.82, 2.24) is 10.6 Å². The first-order chi connectivity index (χ1) is 12.8. The Labute approximate surface area is 159 Å². The monoisotopic (exact) mass is 381 g/mol. The molecule has 0 saturated heterocycles. The molecule has 0 radical (unpaired) electrons. The van der Waals surface area contributed by atoms with Crippen molar-refractivity contribution in [3.63, 3.8) is 0 Å². The molecule has 2 unspecified atom stereocenters. The van der Waals surface area contributed by atoms with Crippen molar-refractivity contribution < 1.29 is 18.4 Å². The molecular weight excluding hydrogens is 352 g/mol. The highest BCUT2D eigenvalue weighted by Crippen LogP contribution is 2.26. The van der Waals surface area contributed by atoms with Crippen LogP contribution >= 0.6 is 0 Å². The van der Waals surface area contributed by atoms with Crippen molar-refractivity contribution in [2.75, 3.05) is 6.54 Å². The SMILES string of the molecule is CC(C)C(NC(=O)c1c(F)cccc1F)C(=O)NC(CN)C1CCCCC1. The molecule has 5 nitrogen and oxygen atoms in total. The second-order valence-electron chi connectivity index (χ2n) is 7.54. The summed E-state index contributed by atoms with van der Waals surface area (Å²) in [6, 6.07) is 2.13. The molecule has 2 amide bonds. The molecule has 1 fully saturated rings. The van der Waals surface area contributed by atoms with E-state index in [4.69, 9.17) is 5.73 Å². The van der Waals surface area contributed by atoms with E-state index in [9.17, 15) is 18.4 Å². The second-order valence-corrected chi connectivity index (χ2v) is 7.54. The Morgan fingerprint density at radius 1 is 1.11 bits per heavy atom. The van der Waals surface area contributed by atoms with Crippen molar-refractivity contribution >= 4 is 11.8 Å². The highest BCUT2D eigenvalue weighted by atomic mass is 19.1. The summed E-state index contributed by atoms with van der Waals surface area (Å²) in [5.74, 6) is -3.18. The largest absolute Gasteiger partial charge is 0.350 e. The molecule has 1 saturated carbocycles. The molecule has 0 aromatic heterocycles. The zero-order chi connectivity index (χ0) is 20.0. The number of hydrogen-bond acceptors (Lipinski definition) is 3. The van der Waals surface area contributed by atoms with Crippen LogP contribution in [0, 0.1) is 23.5 Å². The fourth-order valence-corrected chi connectivity index (χ4v) is 3.64. The number of amides is 2. The molecular formula is C20H29F2N3O2. The van der Waals surface area contributed by atoms with E-state index in [-0.39, 0.29) is 17.9 Å². The molecule has 0 bridgehead atoms. The molecule has 0 heterocycles. The standard InChI is InChI=1S/C20H29F2N3O2/c1-12(2)18(25-19(26)17-14(21)9-6-10-15(17)22)20(27)24-16(11-23)13-7-4-3-5-8-13/h6,9-10,12-13,16,18H,3-5,7-8,11,23H2,1-2H3,(H,24,27)(H,25,26). The van der Waals surface area contributed by atoms with Crippen molar-refractivity contribution in [2.45, 2.75) is 58.0 Å². The van der Waals surface area contributed by atoms with Gasteiger partial charge in [-0.25, -0.2) is 8.78 Å². The van der Waals surface area contributed by atoms with Crippen LogP contribution in [-0.2, 0) is 4.79 Å². The molecule has 7 heteroatoms. The van der Waals surface area contributed by atoms with Crippen LogP contribution in [0.25, 0.3) is 0 Å². The first-order valence-corrected chi connectivity index (χ1v) is 9.60. The first-order valence-electron chi connectivity index (χ1n) is 9.60. The fraction of sp³-hybridized carbons (Fsp3) is 0.600. The van der Waals surface area contributed by atoms with E-state index in [0.717, 1.165) is 37.8 Å². The molecule has 27 heavy (non-hydrogen) atoms. The highest BCUT2D eigenvalue weighted by molar-refractivity contribution is 5.98. The van der Waals surface area contributed by atoms with Crippen LogP contribution in [0.1, 0.15) is 56.3 Å². The first kappa shape index (κ1) is 21.3. The van der Waals surface area contributed by atoms with Gasteiger partial charge in [0.25, 0.3) is 5.91 Å². The molecule has 0 aliphatic heterocycles. The molecule has 1 aliphatic carbocycles. The van der Waals surface area contributed by atoms with Gasteiger partial charge in [0.05, 0.1) is 0 Å². The predicted molar refractivity (Wildman–Crippen MR) is 100 cm³/mol. The lowest BCUT2D eigenvalue weighted by molar-refractivity contribution is -0.125. The van der Waals surface area contributed by atoms with Gasteiger partial charge in [0, 0.05) is 12.6 Å². The van der Waals surface area contributed by atoms with E-state index < -0.39 is 29.1 Å². The number of nitrogens with two attached hydrogens (primary N) is 1. The molecule has 150 valence electrons. The summed E-state index contributed by atoms with van der Waals surface area (Å²) < 4.78 is 27.7. The van der Waals surface area contributed by atoms with Crippen LogP contribution in [0.5, 0.6) is 0 Å². The highest BCUT2D eigenvalue weighted by Gasteiger charge is 2.30. The molecule has 1 aromatic rings. The van der Waals surface area contributed by atoms with Crippen LogP contribution in [0.4, 0.5) is 8.78 Å². The van der Waals surface area contributed by atoms with Crippen LogP contribution in [0.3, 0.4) is 0 Å². The third-order valence-corrected chi connectivity index (χ3v) is 5.23. The summed E-state index contributed by atoms with van der Waals surface area (Å²) in [5, 5.41) is 5.41. The Bertz CT molecular complexity index is 640. The van der Waals surface area contributed by atoms with Crippen molar-refractivity contribution in [2.24, 2.45) is 17.6 Å². The average Bonchev–Trinajstić information content (AvgIpc) is 2.64. The maximum Gasteiger partial charge on any atom is 0.257 e. The van der Waals surface area contributed by atoms with Crippen LogP contribution in [0.15, 0.2) is 18.2 Å². The van der Waals surface area contributed by atoms with Gasteiger partial charge >= 0.3 is 0 Å². The Morgan fingerprint density at radius 3 is 2.22 bits per heavy atom. The lowest BCUT2D eigenvalue weighted by atomic mass is 9.83. The van der Waals surface area contributed by atoms with Gasteiger partial charge in [0.15, 0.2) is 0 Å². The third-order valence-electron chi connectivity index (χ3n) is 5.23. The molecule has 1 aromatic carbocycles. The minimum atomic E-state index is -0.961. The van der Waals surface area contributed by atoms with E-state index in [2.05, 4.69) is 10.6 Å². The summed E-state index contributed by atoms with van der Waals surface area (Å²) in [4.78, 5) is 25.1. The molecule has 2 rings (SSSR count). The van der Waals surface area contributed by atoms with Gasteiger partial charge in [-0.05, 0) is 36.8 Å². The predicted octanol–water partition coefficient (Wildman–Crippen LogP) is 2.74. The Kier molecular flexibility index (Phi) is 7.71. The summed E-state index contributed by atoms with van der Waals surface area (Å²) >= 11 is 0. The molecule has 0 spiro atoms. The number of hydrogen-bond donors (Lipinski definition) is 3. The van der Waals surface area contributed by atoms with Gasteiger partial charge < -0.3 is 16.4 Å². The van der Waals surface area contributed by atoms with E-state index in [1.54, 1.807) is 13.8 Å². The zero-order valence-corrected chi connectivity index (χ0v) is 15.9. The smallest absolute Gasteiger partial charge is 0.257 e. The lowest BCUT2D eigenvalue weighted by Gasteiger charge is -2.32. The van der Waals surface area contributed by atoms with Crippen LogP contribution in [0.2, 0.25) is 0 Å². The maximum atomic E-state index is 13.8. The normalized spacial score (nSPS) is 17.4. The van der Waals surface area contributed by atoms with E-state index in [1.807, 2.05) is 0 Å². The lowest BCUT2D eigenvalue weighted by Crippen LogP contribution is -2.55. The van der Waals surface area contributed by atoms with Gasteiger partial charge in [-0.3, -0.25) is 9.59 Å². The number of benzene rings is 1. The van der Waals surface area contributed by atoms with E-state index in [0.29, 0.717) is 12.5 Å². The quantitative estimate of drug-likeness (QED) is 0.679. The van der Waals surface area contributed by atoms with Crippen LogP contribution in [-0.4, -0.2) is 30.4 Å². The summed E-state index contributed by atoms with van der Waals surface area (Å²) in [7, 11) is 0. The maximum absolute atomic E-state index is 13.8. The van der Waals surface area contributed by atoms with Gasteiger partial charge in [0.2, 0.25) is 5.91 Å². The van der Waals surface area contributed by atoms with Crippen LogP contribution < -0.4 is 16.4 Å². The van der Waals surface area contributed by atoms with E-state index in [1.165, 1.54) is 12.5 Å². The van der Waals surface area contributed by atoms with E-state index >= 15 is 0 Å². The second kappa shape index (κ2) is 9.78. The van der Waals surface area contributed by atoms with Crippen molar-refractivity contribution in [3.8, 4) is 0 Å². The summed E-state index contributed by atoms with van der Waals surface area (Å²) in [6.45, 7) is 3.84. The van der Waals surface area contributed by atoms with Gasteiger partial charge in [-0.1, -0.05) is 39.2 Å². The fourth-order valence-electron chi connectivity index (χ4n) is 3.64. The zero-order valence-electron chi connectivity index (χ0n) is 15.9. The molecule has 4 N–H and O–H groups in total. The number of rotatable bonds is 7. The van der Waals surface area contributed by atoms with Crippen molar-refractivity contribution in [1.29, 1.82) is 0 Å². The Morgan fingerprint density at radius 2 is 1.70 bits per heavy atom. The number of carbonyl (C=O) groups is 2. The number of nitrogens with one attached hydrogen (secondary N) is 2. The van der Waals surface area contributed by atoms with Gasteiger partial charge in [0.1, 0.15) is 23.2 Å². The Hall–Kier alpha value is -2.02. The third kappa shape index (κ3) is 5.48. The number of halogens is 2. The van der Waals surface area contributed by atoms with Gasteiger partial charge in [-0.2, -0.15) is 0 Å². The van der Waals surface area contributed by atoms with Crippen molar-refractivity contribution in [3.05, 3.63) is 35.4 Å². The summed E-state index contributed by atoms with van der Waals surface area (Å²) in [6.07, 6.45) is 5.46. The van der Waals surface area contributed by atoms with Gasteiger partial charge in [-0.15, -0.1) is 0 Å². The Balaban J connectivity index is 2.09. The minimum absolute atomic E-state index is 0.166. The summed E-state index contributed by atoms with van der Waals surface area (Å²) in [5.41, 5.74) is 5.18.